The molecule has 6 heteroatoms. The Morgan fingerprint density at radius 1 is 1.12 bits per heavy atom. The standard InChI is InChI=1S/C20H23IN2O3/c1-3-10-25-18-9-8-16(19(13-18)26-11-4-2)14-22-23-20(24)15-6-5-7-17(21)12-15/h5-9,12-14H,3-4,10-11H2,1-2H3,(H,23,24)/b22-14-. The SMILES string of the molecule is CCCOc1ccc(/C=N\NC(=O)c2cccc(I)c2)c(OCCC)c1. The highest BCUT2D eigenvalue weighted by atomic mass is 127. The van der Waals surface area contributed by atoms with Gasteiger partial charge in [-0.1, -0.05) is 19.9 Å². The van der Waals surface area contributed by atoms with E-state index in [4.69, 9.17) is 9.47 Å². The van der Waals surface area contributed by atoms with Crippen LogP contribution in [-0.4, -0.2) is 25.3 Å². The summed E-state index contributed by atoms with van der Waals surface area (Å²) in [5, 5.41) is 4.06. The number of hydrogen-bond donors (Lipinski definition) is 1. The van der Waals surface area contributed by atoms with Crippen molar-refractivity contribution < 1.29 is 14.3 Å². The van der Waals surface area contributed by atoms with Crippen LogP contribution in [0.4, 0.5) is 0 Å². The zero-order valence-electron chi connectivity index (χ0n) is 15.0. The summed E-state index contributed by atoms with van der Waals surface area (Å²) in [7, 11) is 0. The number of benzene rings is 2. The van der Waals surface area contributed by atoms with Crippen LogP contribution in [0.3, 0.4) is 0 Å². The molecular weight excluding hydrogens is 443 g/mol. The van der Waals surface area contributed by atoms with Crippen molar-refractivity contribution in [3.8, 4) is 11.5 Å². The highest BCUT2D eigenvalue weighted by Crippen LogP contribution is 2.24. The minimum atomic E-state index is -0.251. The Morgan fingerprint density at radius 3 is 2.62 bits per heavy atom. The molecular formula is C20H23IN2O3. The van der Waals surface area contributed by atoms with Crippen LogP contribution in [0.15, 0.2) is 47.6 Å². The van der Waals surface area contributed by atoms with Gasteiger partial charge in [-0.25, -0.2) is 5.43 Å². The quantitative estimate of drug-likeness (QED) is 0.333. The summed E-state index contributed by atoms with van der Waals surface area (Å²) in [4.78, 5) is 12.1. The third kappa shape index (κ3) is 6.33. The number of rotatable bonds is 9. The summed E-state index contributed by atoms with van der Waals surface area (Å²) < 4.78 is 12.4. The summed E-state index contributed by atoms with van der Waals surface area (Å²) in [5.74, 6) is 1.20. The maximum Gasteiger partial charge on any atom is 0.271 e. The summed E-state index contributed by atoms with van der Waals surface area (Å²) in [5.41, 5.74) is 3.90. The van der Waals surface area contributed by atoms with E-state index in [1.54, 1.807) is 18.3 Å². The Bertz CT molecular complexity index is 762. The van der Waals surface area contributed by atoms with Crippen LogP contribution in [0.1, 0.15) is 42.6 Å². The van der Waals surface area contributed by atoms with Gasteiger partial charge >= 0.3 is 0 Å². The number of nitrogens with one attached hydrogen (secondary N) is 1. The van der Waals surface area contributed by atoms with Gasteiger partial charge < -0.3 is 9.47 Å². The van der Waals surface area contributed by atoms with Crippen LogP contribution in [0, 0.1) is 3.57 Å². The second-order valence-corrected chi connectivity index (χ2v) is 6.85. The van der Waals surface area contributed by atoms with Gasteiger partial charge in [0.05, 0.1) is 19.4 Å². The van der Waals surface area contributed by atoms with Crippen molar-refractivity contribution in [1.82, 2.24) is 5.43 Å². The lowest BCUT2D eigenvalue weighted by atomic mass is 10.2. The lowest BCUT2D eigenvalue weighted by Gasteiger charge is -2.11. The van der Waals surface area contributed by atoms with Crippen LogP contribution < -0.4 is 14.9 Å². The van der Waals surface area contributed by atoms with Gasteiger partial charge in [-0.05, 0) is 65.8 Å². The molecule has 1 amide bonds. The molecule has 0 bridgehead atoms. The van der Waals surface area contributed by atoms with E-state index in [9.17, 15) is 4.79 Å². The second kappa shape index (κ2) is 10.8. The smallest absolute Gasteiger partial charge is 0.271 e. The molecule has 0 heterocycles. The van der Waals surface area contributed by atoms with Crippen LogP contribution in [0.2, 0.25) is 0 Å². The van der Waals surface area contributed by atoms with Crippen LogP contribution in [-0.2, 0) is 0 Å². The topological polar surface area (TPSA) is 59.9 Å². The number of ether oxygens (including phenoxy) is 2. The molecule has 0 atom stereocenters. The Labute approximate surface area is 167 Å². The van der Waals surface area contributed by atoms with Crippen molar-refractivity contribution in [2.24, 2.45) is 5.10 Å². The minimum absolute atomic E-state index is 0.251. The molecule has 26 heavy (non-hydrogen) atoms. The molecule has 0 aliphatic carbocycles. The molecule has 2 aromatic rings. The number of carbonyl (C=O) groups is 1. The summed E-state index contributed by atoms with van der Waals surface area (Å²) in [6, 6.07) is 12.9. The van der Waals surface area contributed by atoms with E-state index in [-0.39, 0.29) is 5.91 Å². The van der Waals surface area contributed by atoms with Crippen molar-refractivity contribution in [3.63, 3.8) is 0 Å². The van der Waals surface area contributed by atoms with Gasteiger partial charge in [-0.15, -0.1) is 0 Å². The molecule has 0 spiro atoms. The first-order valence-corrected chi connectivity index (χ1v) is 9.70. The molecule has 0 saturated carbocycles. The van der Waals surface area contributed by atoms with Crippen molar-refractivity contribution in [2.45, 2.75) is 26.7 Å². The summed E-state index contributed by atoms with van der Waals surface area (Å²) >= 11 is 2.17. The zero-order chi connectivity index (χ0) is 18.8. The van der Waals surface area contributed by atoms with E-state index >= 15 is 0 Å². The molecule has 0 aliphatic rings. The number of halogens is 1. The molecule has 0 unspecified atom stereocenters. The lowest BCUT2D eigenvalue weighted by Crippen LogP contribution is -2.17. The van der Waals surface area contributed by atoms with Crippen molar-refractivity contribution in [1.29, 1.82) is 0 Å². The average molecular weight is 466 g/mol. The first kappa shape index (κ1) is 20.2. The van der Waals surface area contributed by atoms with Gasteiger partial charge in [0.2, 0.25) is 0 Å². The maximum atomic E-state index is 12.1. The van der Waals surface area contributed by atoms with E-state index in [2.05, 4.69) is 40.0 Å². The highest BCUT2D eigenvalue weighted by Gasteiger charge is 2.06. The third-order valence-electron chi connectivity index (χ3n) is 3.38. The Balaban J connectivity index is 2.08. The number of nitrogens with zero attached hydrogens (tertiary/aromatic N) is 1. The van der Waals surface area contributed by atoms with E-state index in [1.165, 1.54) is 0 Å². The predicted molar refractivity (Wildman–Crippen MR) is 112 cm³/mol. The summed E-state index contributed by atoms with van der Waals surface area (Å²) in [6.07, 6.45) is 3.43. The third-order valence-corrected chi connectivity index (χ3v) is 4.05. The fraction of sp³-hybridized carbons (Fsp3) is 0.300. The number of hydrazone groups is 1. The molecule has 1 N–H and O–H groups in total. The van der Waals surface area contributed by atoms with Gasteiger partial charge in [-0.2, -0.15) is 5.10 Å². The predicted octanol–water partition coefficient (Wildman–Crippen LogP) is 4.63. The fourth-order valence-corrected chi connectivity index (χ4v) is 2.67. The monoisotopic (exact) mass is 466 g/mol. The minimum Gasteiger partial charge on any atom is -0.493 e. The van der Waals surface area contributed by atoms with E-state index < -0.39 is 0 Å². The Hall–Kier alpha value is -2.09. The van der Waals surface area contributed by atoms with Crippen molar-refractivity contribution in [3.05, 3.63) is 57.2 Å². The zero-order valence-corrected chi connectivity index (χ0v) is 17.2. The van der Waals surface area contributed by atoms with Gasteiger partial charge in [0.1, 0.15) is 11.5 Å². The first-order chi connectivity index (χ1) is 12.6. The van der Waals surface area contributed by atoms with Crippen molar-refractivity contribution >= 4 is 34.7 Å². The lowest BCUT2D eigenvalue weighted by molar-refractivity contribution is 0.0955. The van der Waals surface area contributed by atoms with E-state index in [0.717, 1.165) is 27.7 Å². The second-order valence-electron chi connectivity index (χ2n) is 5.61. The fourth-order valence-electron chi connectivity index (χ4n) is 2.12. The van der Waals surface area contributed by atoms with Gasteiger partial charge in [0.15, 0.2) is 0 Å². The molecule has 0 radical (unpaired) electrons. The molecule has 0 fully saturated rings. The normalized spacial score (nSPS) is 10.7. The van der Waals surface area contributed by atoms with Crippen LogP contribution in [0.25, 0.3) is 0 Å². The average Bonchev–Trinajstić information content (AvgIpc) is 2.65. The van der Waals surface area contributed by atoms with Gasteiger partial charge in [0.25, 0.3) is 5.91 Å². The summed E-state index contributed by atoms with van der Waals surface area (Å²) in [6.45, 7) is 5.37. The van der Waals surface area contributed by atoms with Crippen LogP contribution in [0.5, 0.6) is 11.5 Å². The van der Waals surface area contributed by atoms with E-state index in [1.807, 2.05) is 37.3 Å². The molecule has 0 aromatic heterocycles. The van der Waals surface area contributed by atoms with Crippen LogP contribution >= 0.6 is 22.6 Å². The number of hydrogen-bond acceptors (Lipinski definition) is 4. The molecule has 5 nitrogen and oxygen atoms in total. The van der Waals surface area contributed by atoms with Gasteiger partial charge in [0, 0.05) is 20.8 Å². The number of amides is 1. The molecule has 138 valence electrons. The Kier molecular flexibility index (Phi) is 8.40. The molecule has 2 rings (SSSR count). The molecule has 2 aromatic carbocycles. The van der Waals surface area contributed by atoms with E-state index in [0.29, 0.717) is 24.5 Å². The highest BCUT2D eigenvalue weighted by molar-refractivity contribution is 14.1. The maximum absolute atomic E-state index is 12.1. The van der Waals surface area contributed by atoms with Crippen molar-refractivity contribution in [2.75, 3.05) is 13.2 Å². The number of carbonyl (C=O) groups excluding carboxylic acids is 1. The molecule has 0 aliphatic heterocycles. The molecule has 0 saturated heterocycles. The Morgan fingerprint density at radius 2 is 1.88 bits per heavy atom. The van der Waals surface area contributed by atoms with Gasteiger partial charge in [-0.3, -0.25) is 4.79 Å². The largest absolute Gasteiger partial charge is 0.493 e. The first-order valence-electron chi connectivity index (χ1n) is 8.62.